The van der Waals surface area contributed by atoms with Crippen LogP contribution in [0.2, 0.25) is 5.02 Å². The maximum absolute atomic E-state index is 13.6. The molecular weight excluding hydrogens is 483 g/mol. The highest BCUT2D eigenvalue weighted by Gasteiger charge is 2.60. The van der Waals surface area contributed by atoms with Crippen molar-refractivity contribution in [2.24, 2.45) is 0 Å². The zero-order valence-electron chi connectivity index (χ0n) is 19.0. The van der Waals surface area contributed by atoms with E-state index in [9.17, 15) is 22.4 Å². The molecule has 182 valence electrons. The smallest absolute Gasteiger partial charge is 0.287 e. The van der Waals surface area contributed by atoms with Crippen molar-refractivity contribution in [1.82, 2.24) is 19.8 Å². The summed E-state index contributed by atoms with van der Waals surface area (Å²) < 4.78 is 39.5. The van der Waals surface area contributed by atoms with E-state index >= 15 is 0 Å². The normalized spacial score (nSPS) is 17.3. The summed E-state index contributed by atoms with van der Waals surface area (Å²) in [7, 11) is -3.56. The van der Waals surface area contributed by atoms with Gasteiger partial charge in [-0.25, -0.2) is 17.8 Å². The van der Waals surface area contributed by atoms with Gasteiger partial charge in [0.1, 0.15) is 11.5 Å². The summed E-state index contributed by atoms with van der Waals surface area (Å²) in [5.74, 6) is -1.38. The molecule has 1 aromatic carbocycles. The van der Waals surface area contributed by atoms with Gasteiger partial charge in [0.05, 0.1) is 20.7 Å². The molecule has 1 aromatic heterocycles. The minimum atomic E-state index is -3.56. The van der Waals surface area contributed by atoms with Crippen LogP contribution in [0.3, 0.4) is 0 Å². The maximum Gasteiger partial charge on any atom is 0.287 e. The Labute approximate surface area is 202 Å². The first-order valence-corrected chi connectivity index (χ1v) is 12.7. The second-order valence-corrected chi connectivity index (χ2v) is 12.6. The lowest BCUT2D eigenvalue weighted by Crippen LogP contribution is -2.50. The van der Waals surface area contributed by atoms with E-state index in [2.05, 4.69) is 16.9 Å². The molecule has 0 spiro atoms. The van der Waals surface area contributed by atoms with Gasteiger partial charge in [-0.1, -0.05) is 23.7 Å². The highest BCUT2D eigenvalue weighted by atomic mass is 35.5. The molecule has 34 heavy (non-hydrogen) atoms. The Morgan fingerprint density at radius 1 is 1.35 bits per heavy atom. The molecule has 2 aliphatic rings. The molecular formula is C23H26ClFN4O4S. The van der Waals surface area contributed by atoms with Crippen LogP contribution in [0.1, 0.15) is 53.4 Å². The fourth-order valence-electron chi connectivity index (χ4n) is 4.17. The number of rotatable bonds is 8. The maximum atomic E-state index is 13.6. The summed E-state index contributed by atoms with van der Waals surface area (Å²) in [6.07, 6.45) is 3.75. The summed E-state index contributed by atoms with van der Waals surface area (Å²) >= 11 is 5.68. The van der Waals surface area contributed by atoms with Crippen LogP contribution in [0.15, 0.2) is 37.1 Å². The predicted octanol–water partition coefficient (Wildman–Crippen LogP) is 2.97. The van der Waals surface area contributed by atoms with Gasteiger partial charge in [-0.15, -0.1) is 6.58 Å². The van der Waals surface area contributed by atoms with E-state index < -0.39 is 31.1 Å². The van der Waals surface area contributed by atoms with Crippen LogP contribution in [0.4, 0.5) is 4.39 Å². The lowest BCUT2D eigenvalue weighted by Gasteiger charge is -2.34. The number of nitrogens with zero attached hydrogens (tertiary/aromatic N) is 3. The van der Waals surface area contributed by atoms with Gasteiger partial charge in [-0.2, -0.15) is 0 Å². The van der Waals surface area contributed by atoms with E-state index in [1.807, 2.05) is 0 Å². The summed E-state index contributed by atoms with van der Waals surface area (Å²) in [6.45, 7) is 7.62. The summed E-state index contributed by atoms with van der Waals surface area (Å²) in [5, 5.41) is 2.66. The molecule has 1 N–H and O–H groups in total. The minimum Gasteiger partial charge on any atom is -0.345 e. The number of imidazole rings is 1. The van der Waals surface area contributed by atoms with Crippen molar-refractivity contribution >= 4 is 33.3 Å². The molecule has 0 unspecified atom stereocenters. The van der Waals surface area contributed by atoms with Crippen molar-refractivity contribution in [1.29, 1.82) is 0 Å². The molecule has 0 bridgehead atoms. The molecule has 2 amide bonds. The molecule has 1 aliphatic carbocycles. The van der Waals surface area contributed by atoms with Gasteiger partial charge in [0, 0.05) is 26.2 Å². The highest BCUT2D eigenvalue weighted by molar-refractivity contribution is 7.94. The van der Waals surface area contributed by atoms with E-state index in [1.165, 1.54) is 33.9 Å². The molecule has 2 aromatic rings. The molecule has 0 saturated heterocycles. The van der Waals surface area contributed by atoms with Crippen LogP contribution in [-0.4, -0.2) is 57.3 Å². The quantitative estimate of drug-likeness (QED) is 0.552. The minimum absolute atomic E-state index is 0.00528. The SMILES string of the molecule is C=CC(C)(C)S(=O)(=O)C1(CN2CCn3c(cnc3C(=O)NCc3ccc(Cl)c(F)c3)C2=O)CC1. The number of aromatic nitrogens is 2. The second kappa shape index (κ2) is 8.49. The van der Waals surface area contributed by atoms with Gasteiger partial charge in [-0.3, -0.25) is 9.59 Å². The number of carbonyl (C=O) groups excluding carboxylic acids is 2. The molecule has 0 radical (unpaired) electrons. The largest absolute Gasteiger partial charge is 0.345 e. The standard InChI is InChI=1S/C23H26ClFN4O4S/c1-4-22(2,3)34(32,33)23(7-8-23)14-28-9-10-29-18(21(28)31)13-26-19(29)20(30)27-12-15-5-6-16(24)17(25)11-15/h4-6,11,13H,1,7-10,12,14H2,2-3H3,(H,27,30). The molecule has 1 aliphatic heterocycles. The Bertz CT molecular complexity index is 1280. The van der Waals surface area contributed by atoms with Crippen LogP contribution in [0.25, 0.3) is 0 Å². The first-order chi connectivity index (χ1) is 15.9. The summed E-state index contributed by atoms with van der Waals surface area (Å²) in [5.41, 5.74) is 0.756. The highest BCUT2D eigenvalue weighted by Crippen LogP contribution is 2.49. The summed E-state index contributed by atoms with van der Waals surface area (Å²) in [6, 6.07) is 4.25. The van der Waals surface area contributed by atoms with Crippen LogP contribution in [0, 0.1) is 5.82 Å². The van der Waals surface area contributed by atoms with Crippen molar-refractivity contribution in [2.45, 2.75) is 49.3 Å². The Balaban J connectivity index is 1.47. The fourth-order valence-corrected chi connectivity index (χ4v) is 6.59. The third kappa shape index (κ3) is 4.02. The van der Waals surface area contributed by atoms with Crippen molar-refractivity contribution in [3.8, 4) is 0 Å². The zero-order valence-corrected chi connectivity index (χ0v) is 20.5. The number of hydrogen-bond donors (Lipinski definition) is 1. The predicted molar refractivity (Wildman–Crippen MR) is 126 cm³/mol. The lowest BCUT2D eigenvalue weighted by molar-refractivity contribution is 0.0698. The molecule has 0 atom stereocenters. The first kappa shape index (κ1) is 24.4. The Morgan fingerprint density at radius 3 is 2.68 bits per heavy atom. The van der Waals surface area contributed by atoms with Gasteiger partial charge < -0.3 is 14.8 Å². The van der Waals surface area contributed by atoms with E-state index in [4.69, 9.17) is 11.6 Å². The number of hydrogen-bond acceptors (Lipinski definition) is 5. The van der Waals surface area contributed by atoms with Crippen molar-refractivity contribution in [2.75, 3.05) is 13.1 Å². The average Bonchev–Trinajstić information content (AvgIpc) is 3.46. The third-order valence-electron chi connectivity index (χ3n) is 6.64. The monoisotopic (exact) mass is 508 g/mol. The molecule has 1 saturated carbocycles. The van der Waals surface area contributed by atoms with Crippen LogP contribution in [-0.2, 0) is 22.9 Å². The number of fused-ring (bicyclic) bond motifs is 1. The Hall–Kier alpha value is -2.72. The molecule has 4 rings (SSSR count). The Kier molecular flexibility index (Phi) is 6.10. The number of sulfone groups is 1. The van der Waals surface area contributed by atoms with Gasteiger partial charge in [-0.05, 0) is 44.4 Å². The lowest BCUT2D eigenvalue weighted by atomic mass is 10.2. The number of nitrogens with one attached hydrogen (secondary N) is 1. The molecule has 2 heterocycles. The number of benzene rings is 1. The van der Waals surface area contributed by atoms with Crippen LogP contribution in [0.5, 0.6) is 0 Å². The van der Waals surface area contributed by atoms with Crippen molar-refractivity contribution in [3.05, 3.63) is 65.0 Å². The number of halogens is 2. The van der Waals surface area contributed by atoms with E-state index in [1.54, 1.807) is 19.9 Å². The third-order valence-corrected chi connectivity index (χ3v) is 10.2. The van der Waals surface area contributed by atoms with Gasteiger partial charge in [0.15, 0.2) is 15.7 Å². The number of amides is 2. The average molecular weight is 509 g/mol. The fraction of sp³-hybridized carbons (Fsp3) is 0.435. The first-order valence-electron chi connectivity index (χ1n) is 10.9. The van der Waals surface area contributed by atoms with E-state index in [-0.39, 0.29) is 42.1 Å². The zero-order chi connectivity index (χ0) is 24.9. The molecule has 8 nitrogen and oxygen atoms in total. The van der Waals surface area contributed by atoms with E-state index in [0.717, 1.165) is 0 Å². The Morgan fingerprint density at radius 2 is 2.06 bits per heavy atom. The summed E-state index contributed by atoms with van der Waals surface area (Å²) in [4.78, 5) is 31.4. The van der Waals surface area contributed by atoms with Crippen molar-refractivity contribution in [3.63, 3.8) is 0 Å². The van der Waals surface area contributed by atoms with E-state index in [0.29, 0.717) is 24.9 Å². The number of carbonyl (C=O) groups is 2. The van der Waals surface area contributed by atoms with Crippen LogP contribution >= 0.6 is 11.6 Å². The second-order valence-electron chi connectivity index (χ2n) is 9.27. The van der Waals surface area contributed by atoms with Crippen molar-refractivity contribution < 1.29 is 22.4 Å². The van der Waals surface area contributed by atoms with Gasteiger partial charge >= 0.3 is 0 Å². The van der Waals surface area contributed by atoms with Crippen LogP contribution < -0.4 is 5.32 Å². The van der Waals surface area contributed by atoms with Gasteiger partial charge in [0.2, 0.25) is 0 Å². The molecule has 11 heteroatoms. The van der Waals surface area contributed by atoms with Gasteiger partial charge in [0.25, 0.3) is 11.8 Å². The molecule has 1 fully saturated rings. The topological polar surface area (TPSA) is 101 Å².